The first-order chi connectivity index (χ1) is 7.15. The van der Waals surface area contributed by atoms with Gasteiger partial charge in [-0.3, -0.25) is 4.57 Å². The Kier molecular flexibility index (Phi) is 3.16. The Hall–Kier alpha value is -0.350. The van der Waals surface area contributed by atoms with Crippen molar-refractivity contribution in [1.82, 2.24) is 9.55 Å². The third kappa shape index (κ3) is 2.26. The first kappa shape index (κ1) is 11.1. The highest BCUT2D eigenvalue weighted by Gasteiger charge is 2.36. The standard InChI is InChI=1S/C10H12BrClN2O/c11-6-10(2-1-3-10)7-14-5-8(12)4-13-9(14)15/h4-5H,1-3,6-7H2. The van der Waals surface area contributed by atoms with E-state index >= 15 is 0 Å². The van der Waals surface area contributed by atoms with E-state index in [-0.39, 0.29) is 11.1 Å². The number of rotatable bonds is 3. The van der Waals surface area contributed by atoms with E-state index in [0.29, 0.717) is 11.6 Å². The highest BCUT2D eigenvalue weighted by atomic mass is 79.9. The fraction of sp³-hybridized carbons (Fsp3) is 0.600. The summed E-state index contributed by atoms with van der Waals surface area (Å²) in [5.41, 5.74) is 0.0162. The lowest BCUT2D eigenvalue weighted by Crippen LogP contribution is -2.39. The van der Waals surface area contributed by atoms with Crippen molar-refractivity contribution >= 4 is 27.5 Å². The summed E-state index contributed by atoms with van der Waals surface area (Å²) < 4.78 is 1.61. The van der Waals surface area contributed by atoms with Gasteiger partial charge in [0.15, 0.2) is 0 Å². The average molecular weight is 292 g/mol. The average Bonchev–Trinajstić information content (AvgIpc) is 2.17. The lowest BCUT2D eigenvalue weighted by molar-refractivity contribution is 0.138. The van der Waals surface area contributed by atoms with E-state index in [2.05, 4.69) is 20.9 Å². The quantitative estimate of drug-likeness (QED) is 0.802. The molecule has 1 aromatic rings. The van der Waals surface area contributed by atoms with E-state index in [1.807, 2.05) is 0 Å². The van der Waals surface area contributed by atoms with Gasteiger partial charge in [0.05, 0.1) is 11.2 Å². The summed E-state index contributed by atoms with van der Waals surface area (Å²) in [6, 6.07) is 0. The maximum absolute atomic E-state index is 11.5. The Bertz CT molecular complexity index is 409. The third-order valence-corrected chi connectivity index (χ3v) is 4.41. The summed E-state index contributed by atoms with van der Waals surface area (Å²) >= 11 is 9.33. The minimum absolute atomic E-state index is 0.216. The molecule has 1 aliphatic rings. The molecule has 15 heavy (non-hydrogen) atoms. The van der Waals surface area contributed by atoms with Crippen molar-refractivity contribution in [2.45, 2.75) is 25.8 Å². The van der Waals surface area contributed by atoms with Crippen molar-refractivity contribution in [2.75, 3.05) is 5.33 Å². The largest absolute Gasteiger partial charge is 0.347 e. The summed E-state index contributed by atoms with van der Waals surface area (Å²) in [6.07, 6.45) is 6.63. The fourth-order valence-electron chi connectivity index (χ4n) is 1.91. The molecule has 1 aromatic heterocycles. The molecule has 5 heteroatoms. The van der Waals surface area contributed by atoms with E-state index in [0.717, 1.165) is 18.2 Å². The highest BCUT2D eigenvalue weighted by Crippen LogP contribution is 2.43. The van der Waals surface area contributed by atoms with Crippen molar-refractivity contribution in [3.63, 3.8) is 0 Å². The van der Waals surface area contributed by atoms with Crippen LogP contribution >= 0.6 is 27.5 Å². The number of nitrogens with zero attached hydrogens (tertiary/aromatic N) is 2. The van der Waals surface area contributed by atoms with Gasteiger partial charge in [0, 0.05) is 18.1 Å². The fourth-order valence-corrected chi connectivity index (χ4v) is 2.82. The van der Waals surface area contributed by atoms with Crippen LogP contribution in [0.2, 0.25) is 5.02 Å². The zero-order chi connectivity index (χ0) is 10.9. The minimum Gasteiger partial charge on any atom is -0.297 e. The first-order valence-electron chi connectivity index (χ1n) is 4.93. The molecule has 1 aliphatic carbocycles. The summed E-state index contributed by atoms with van der Waals surface area (Å²) in [5, 5.41) is 1.44. The molecule has 0 N–H and O–H groups in total. The van der Waals surface area contributed by atoms with Crippen LogP contribution in [0.5, 0.6) is 0 Å². The molecular weight excluding hydrogens is 279 g/mol. The van der Waals surface area contributed by atoms with Crippen LogP contribution in [-0.2, 0) is 6.54 Å². The molecule has 3 nitrogen and oxygen atoms in total. The van der Waals surface area contributed by atoms with E-state index in [4.69, 9.17) is 11.6 Å². The molecular formula is C10H12BrClN2O. The summed E-state index contributed by atoms with van der Waals surface area (Å²) in [5.74, 6) is 0. The molecule has 0 spiro atoms. The first-order valence-corrected chi connectivity index (χ1v) is 6.43. The minimum atomic E-state index is -0.216. The van der Waals surface area contributed by atoms with E-state index < -0.39 is 0 Å². The summed E-state index contributed by atoms with van der Waals surface area (Å²) in [4.78, 5) is 15.2. The lowest BCUT2D eigenvalue weighted by Gasteiger charge is -2.40. The van der Waals surface area contributed by atoms with Crippen LogP contribution in [0.3, 0.4) is 0 Å². The Morgan fingerprint density at radius 3 is 2.87 bits per heavy atom. The molecule has 0 atom stereocenters. The smallest absolute Gasteiger partial charge is 0.297 e. The van der Waals surface area contributed by atoms with Gasteiger partial charge in [0.2, 0.25) is 0 Å². The van der Waals surface area contributed by atoms with Gasteiger partial charge in [-0.25, -0.2) is 9.78 Å². The van der Waals surface area contributed by atoms with E-state index in [9.17, 15) is 4.79 Å². The molecule has 0 bridgehead atoms. The van der Waals surface area contributed by atoms with Crippen LogP contribution in [0.4, 0.5) is 0 Å². The van der Waals surface area contributed by atoms with Crippen LogP contribution in [-0.4, -0.2) is 14.9 Å². The molecule has 0 unspecified atom stereocenters. The van der Waals surface area contributed by atoms with Crippen LogP contribution < -0.4 is 5.69 Å². The molecule has 1 heterocycles. The van der Waals surface area contributed by atoms with Gasteiger partial charge in [-0.2, -0.15) is 0 Å². The number of hydrogen-bond acceptors (Lipinski definition) is 2. The summed E-state index contributed by atoms with van der Waals surface area (Å²) in [7, 11) is 0. The van der Waals surface area contributed by atoms with Gasteiger partial charge in [0.25, 0.3) is 0 Å². The van der Waals surface area contributed by atoms with Gasteiger partial charge in [-0.15, -0.1) is 0 Å². The van der Waals surface area contributed by atoms with Crippen molar-refractivity contribution in [1.29, 1.82) is 0 Å². The number of halogens is 2. The topological polar surface area (TPSA) is 34.9 Å². The molecule has 82 valence electrons. The van der Waals surface area contributed by atoms with E-state index in [1.54, 1.807) is 10.8 Å². The number of alkyl halides is 1. The summed E-state index contributed by atoms with van der Waals surface area (Å²) in [6.45, 7) is 0.713. The maximum Gasteiger partial charge on any atom is 0.347 e. The predicted octanol–water partition coefficient (Wildman–Crippen LogP) is 2.46. The van der Waals surface area contributed by atoms with Gasteiger partial charge >= 0.3 is 5.69 Å². The number of aromatic nitrogens is 2. The second-order valence-corrected chi connectivity index (χ2v) is 5.17. The van der Waals surface area contributed by atoms with Gasteiger partial charge in [0.1, 0.15) is 0 Å². The van der Waals surface area contributed by atoms with Crippen LogP contribution in [0.15, 0.2) is 17.2 Å². The molecule has 0 saturated heterocycles. The molecule has 1 saturated carbocycles. The van der Waals surface area contributed by atoms with Crippen molar-refractivity contribution in [3.05, 3.63) is 27.9 Å². The maximum atomic E-state index is 11.5. The molecule has 1 fully saturated rings. The van der Waals surface area contributed by atoms with Crippen molar-refractivity contribution in [2.24, 2.45) is 5.41 Å². The van der Waals surface area contributed by atoms with Crippen LogP contribution in [0.25, 0.3) is 0 Å². The van der Waals surface area contributed by atoms with E-state index in [1.165, 1.54) is 12.6 Å². The van der Waals surface area contributed by atoms with Crippen molar-refractivity contribution < 1.29 is 0 Å². The molecule has 0 radical (unpaired) electrons. The molecule has 0 amide bonds. The monoisotopic (exact) mass is 290 g/mol. The number of hydrogen-bond donors (Lipinski definition) is 0. The third-order valence-electron chi connectivity index (χ3n) is 3.03. The second-order valence-electron chi connectivity index (χ2n) is 4.17. The Morgan fingerprint density at radius 2 is 2.33 bits per heavy atom. The SMILES string of the molecule is O=c1ncc(Cl)cn1CC1(CBr)CCC1. The molecule has 0 aromatic carbocycles. The Balaban J connectivity index is 2.23. The highest BCUT2D eigenvalue weighted by molar-refractivity contribution is 9.09. The van der Waals surface area contributed by atoms with Gasteiger partial charge in [-0.05, 0) is 18.3 Å². The van der Waals surface area contributed by atoms with Crippen LogP contribution in [0, 0.1) is 5.41 Å². The second kappa shape index (κ2) is 4.26. The normalized spacial score (nSPS) is 18.5. The molecule has 0 aliphatic heterocycles. The lowest BCUT2D eigenvalue weighted by atomic mass is 9.70. The Morgan fingerprint density at radius 1 is 1.60 bits per heavy atom. The Labute approximate surface area is 102 Å². The zero-order valence-corrected chi connectivity index (χ0v) is 10.6. The predicted molar refractivity (Wildman–Crippen MR) is 63.6 cm³/mol. The van der Waals surface area contributed by atoms with Gasteiger partial charge in [-0.1, -0.05) is 34.0 Å². The van der Waals surface area contributed by atoms with Crippen LogP contribution in [0.1, 0.15) is 19.3 Å². The van der Waals surface area contributed by atoms with Gasteiger partial charge < -0.3 is 0 Å². The zero-order valence-electron chi connectivity index (χ0n) is 8.25. The van der Waals surface area contributed by atoms with Crippen molar-refractivity contribution in [3.8, 4) is 0 Å². The molecule has 2 rings (SSSR count).